The molecular weight excluding hydrogens is 260 g/mol. The molecule has 3 nitrogen and oxygen atoms in total. The number of likely N-dealkylation sites (tertiary alicyclic amines) is 2. The van der Waals surface area contributed by atoms with Crippen LogP contribution in [0.2, 0.25) is 0 Å². The van der Waals surface area contributed by atoms with Crippen molar-refractivity contribution >= 4 is 5.91 Å². The van der Waals surface area contributed by atoms with Gasteiger partial charge in [-0.25, -0.2) is 0 Å². The number of amides is 1. The third-order valence-corrected chi connectivity index (χ3v) is 5.56. The first-order valence-electron chi connectivity index (χ1n) is 8.71. The van der Waals surface area contributed by atoms with Crippen LogP contribution in [0.5, 0.6) is 0 Å². The normalized spacial score (nSPS) is 30.3. The largest absolute Gasteiger partial charge is 0.342 e. The highest BCUT2D eigenvalue weighted by atomic mass is 16.2. The van der Waals surface area contributed by atoms with Crippen LogP contribution in [-0.2, 0) is 4.79 Å². The molecule has 2 aliphatic heterocycles. The third kappa shape index (κ3) is 3.11. The highest BCUT2D eigenvalue weighted by Gasteiger charge is 2.48. The third-order valence-electron chi connectivity index (χ3n) is 5.56. The van der Waals surface area contributed by atoms with Gasteiger partial charge in [0.25, 0.3) is 0 Å². The van der Waals surface area contributed by atoms with Gasteiger partial charge in [-0.15, -0.1) is 5.92 Å². The van der Waals surface area contributed by atoms with Crippen molar-refractivity contribution in [1.82, 2.24) is 9.80 Å². The second kappa shape index (κ2) is 6.40. The first kappa shape index (κ1) is 14.9. The Balaban J connectivity index is 1.59. The van der Waals surface area contributed by atoms with Gasteiger partial charge in [0.1, 0.15) is 0 Å². The van der Waals surface area contributed by atoms with E-state index in [1.165, 1.54) is 25.7 Å². The van der Waals surface area contributed by atoms with Crippen molar-refractivity contribution in [1.29, 1.82) is 0 Å². The predicted octanol–water partition coefficient (Wildman–Crippen LogP) is 2.51. The van der Waals surface area contributed by atoms with Crippen molar-refractivity contribution in [3.63, 3.8) is 0 Å². The highest BCUT2D eigenvalue weighted by Crippen LogP contribution is 2.41. The molecule has 21 heavy (non-hydrogen) atoms. The van der Waals surface area contributed by atoms with Crippen LogP contribution in [0.15, 0.2) is 0 Å². The minimum absolute atomic E-state index is 0.0735. The summed E-state index contributed by atoms with van der Waals surface area (Å²) in [4.78, 5) is 17.5. The lowest BCUT2D eigenvalue weighted by Crippen LogP contribution is -2.51. The Labute approximate surface area is 129 Å². The van der Waals surface area contributed by atoms with E-state index in [-0.39, 0.29) is 5.41 Å². The summed E-state index contributed by atoms with van der Waals surface area (Å²) < 4.78 is 0. The lowest BCUT2D eigenvalue weighted by molar-refractivity contribution is -0.146. The molecule has 1 amide bonds. The second-order valence-corrected chi connectivity index (χ2v) is 7.10. The van der Waals surface area contributed by atoms with Gasteiger partial charge in [-0.1, -0.05) is 19.3 Å². The number of hydrogen-bond donors (Lipinski definition) is 0. The standard InChI is InChI=1S/C18H28N2O/c1-2-3-4-11-19-13-10-18(15-19)9-6-12-20(17(18)21)14-16-7-5-8-16/h16H,2,5-15H2,1H3/t18-/m1/s1. The van der Waals surface area contributed by atoms with E-state index in [9.17, 15) is 4.79 Å². The van der Waals surface area contributed by atoms with Crippen LogP contribution in [0.25, 0.3) is 0 Å². The van der Waals surface area contributed by atoms with E-state index in [1.54, 1.807) is 0 Å². The van der Waals surface area contributed by atoms with Crippen molar-refractivity contribution in [2.24, 2.45) is 11.3 Å². The Bertz CT molecular complexity index is 446. The van der Waals surface area contributed by atoms with Crippen molar-refractivity contribution in [3.8, 4) is 11.8 Å². The molecule has 0 radical (unpaired) electrons. The maximum atomic E-state index is 13.0. The summed E-state index contributed by atoms with van der Waals surface area (Å²) in [6.07, 6.45) is 8.26. The number of carbonyl (C=O) groups is 1. The minimum atomic E-state index is -0.0735. The molecule has 0 unspecified atom stereocenters. The number of carbonyl (C=O) groups excluding carboxylic acids is 1. The molecule has 1 saturated carbocycles. The molecule has 0 aromatic rings. The Hall–Kier alpha value is -1.01. The topological polar surface area (TPSA) is 23.6 Å². The van der Waals surface area contributed by atoms with Gasteiger partial charge >= 0.3 is 0 Å². The number of piperidine rings is 1. The van der Waals surface area contributed by atoms with E-state index in [0.29, 0.717) is 5.91 Å². The van der Waals surface area contributed by atoms with E-state index in [4.69, 9.17) is 0 Å². The lowest BCUT2D eigenvalue weighted by atomic mass is 9.77. The fourth-order valence-electron chi connectivity index (χ4n) is 4.08. The highest BCUT2D eigenvalue weighted by molar-refractivity contribution is 5.84. The summed E-state index contributed by atoms with van der Waals surface area (Å²) in [7, 11) is 0. The van der Waals surface area contributed by atoms with Crippen molar-refractivity contribution in [2.45, 2.75) is 51.9 Å². The maximum Gasteiger partial charge on any atom is 0.230 e. The summed E-state index contributed by atoms with van der Waals surface area (Å²) in [6, 6.07) is 0. The zero-order chi connectivity index (χ0) is 14.7. The van der Waals surface area contributed by atoms with Gasteiger partial charge < -0.3 is 4.90 Å². The number of rotatable bonds is 3. The lowest BCUT2D eigenvalue weighted by Gasteiger charge is -2.42. The molecule has 3 heteroatoms. The monoisotopic (exact) mass is 288 g/mol. The van der Waals surface area contributed by atoms with Crippen LogP contribution in [0, 0.1) is 23.2 Å². The number of nitrogens with zero attached hydrogens (tertiary/aromatic N) is 2. The number of hydrogen-bond acceptors (Lipinski definition) is 2. The fourth-order valence-corrected chi connectivity index (χ4v) is 4.08. The van der Waals surface area contributed by atoms with E-state index in [2.05, 4.69) is 28.6 Å². The van der Waals surface area contributed by atoms with E-state index in [1.807, 2.05) is 0 Å². The molecule has 2 saturated heterocycles. The summed E-state index contributed by atoms with van der Waals surface area (Å²) in [5, 5.41) is 0. The fraction of sp³-hybridized carbons (Fsp3) is 0.833. The Morgan fingerprint density at radius 3 is 2.76 bits per heavy atom. The molecule has 116 valence electrons. The summed E-state index contributed by atoms with van der Waals surface area (Å²) >= 11 is 0. The zero-order valence-corrected chi connectivity index (χ0v) is 13.4. The van der Waals surface area contributed by atoms with Gasteiger partial charge in [0.05, 0.1) is 12.0 Å². The smallest absolute Gasteiger partial charge is 0.230 e. The molecular formula is C18H28N2O. The average molecular weight is 288 g/mol. The van der Waals surface area contributed by atoms with Gasteiger partial charge in [0, 0.05) is 32.6 Å². The van der Waals surface area contributed by atoms with Gasteiger partial charge in [0.15, 0.2) is 0 Å². The molecule has 3 rings (SSSR count). The Morgan fingerprint density at radius 2 is 2.05 bits per heavy atom. The predicted molar refractivity (Wildman–Crippen MR) is 84.7 cm³/mol. The summed E-state index contributed by atoms with van der Waals surface area (Å²) in [6.45, 7) is 6.92. The summed E-state index contributed by atoms with van der Waals surface area (Å²) in [5.41, 5.74) is -0.0735. The first-order chi connectivity index (χ1) is 10.2. The van der Waals surface area contributed by atoms with Crippen LogP contribution >= 0.6 is 0 Å². The average Bonchev–Trinajstić information content (AvgIpc) is 2.83. The molecule has 0 N–H and O–H groups in total. The van der Waals surface area contributed by atoms with E-state index >= 15 is 0 Å². The van der Waals surface area contributed by atoms with Crippen molar-refractivity contribution < 1.29 is 4.79 Å². The SMILES string of the molecule is CCC#CCN1CC[C@]2(CCCN(CC3CCC3)C2=O)C1. The van der Waals surface area contributed by atoms with Crippen LogP contribution in [0.4, 0.5) is 0 Å². The van der Waals surface area contributed by atoms with Crippen LogP contribution in [0.3, 0.4) is 0 Å². The molecule has 0 bridgehead atoms. The molecule has 1 aliphatic carbocycles. The molecule has 3 fully saturated rings. The molecule has 3 aliphatic rings. The molecule has 0 aromatic heterocycles. The van der Waals surface area contributed by atoms with Crippen LogP contribution in [0.1, 0.15) is 51.9 Å². The molecule has 0 aromatic carbocycles. The van der Waals surface area contributed by atoms with E-state index < -0.39 is 0 Å². The Kier molecular flexibility index (Phi) is 4.54. The molecule has 1 spiro atoms. The minimum Gasteiger partial charge on any atom is -0.342 e. The van der Waals surface area contributed by atoms with E-state index in [0.717, 1.165) is 57.9 Å². The van der Waals surface area contributed by atoms with Crippen molar-refractivity contribution in [2.75, 3.05) is 32.7 Å². The Morgan fingerprint density at radius 1 is 1.19 bits per heavy atom. The van der Waals surface area contributed by atoms with Gasteiger partial charge in [-0.3, -0.25) is 9.69 Å². The van der Waals surface area contributed by atoms with Gasteiger partial charge in [-0.2, -0.15) is 0 Å². The second-order valence-electron chi connectivity index (χ2n) is 7.10. The van der Waals surface area contributed by atoms with Gasteiger partial charge in [-0.05, 0) is 38.0 Å². The first-order valence-corrected chi connectivity index (χ1v) is 8.71. The summed E-state index contributed by atoms with van der Waals surface area (Å²) in [5.74, 6) is 7.61. The quantitative estimate of drug-likeness (QED) is 0.745. The molecule has 1 atom stereocenters. The maximum absolute atomic E-state index is 13.0. The molecule has 2 heterocycles. The van der Waals surface area contributed by atoms with Gasteiger partial charge in [0.2, 0.25) is 5.91 Å². The van der Waals surface area contributed by atoms with Crippen LogP contribution in [-0.4, -0.2) is 48.4 Å². The van der Waals surface area contributed by atoms with Crippen LogP contribution < -0.4 is 0 Å². The zero-order valence-electron chi connectivity index (χ0n) is 13.4. The van der Waals surface area contributed by atoms with Crippen molar-refractivity contribution in [3.05, 3.63) is 0 Å².